The molecule has 8 nitrogen and oxygen atoms in total. The lowest BCUT2D eigenvalue weighted by Crippen LogP contribution is -2.29. The lowest BCUT2D eigenvalue weighted by molar-refractivity contribution is -0.136. The van der Waals surface area contributed by atoms with Gasteiger partial charge in [0.15, 0.2) is 11.5 Å². The van der Waals surface area contributed by atoms with Crippen molar-refractivity contribution in [1.82, 2.24) is 14.8 Å². The van der Waals surface area contributed by atoms with Crippen molar-refractivity contribution in [2.45, 2.75) is 19.9 Å². The van der Waals surface area contributed by atoms with E-state index in [0.29, 0.717) is 35.3 Å². The Balaban J connectivity index is 2.20. The van der Waals surface area contributed by atoms with Gasteiger partial charge in [0.1, 0.15) is 12.4 Å². The van der Waals surface area contributed by atoms with E-state index in [2.05, 4.69) is 31.3 Å². The molecule has 1 aliphatic heterocycles. The van der Waals surface area contributed by atoms with E-state index in [4.69, 9.17) is 14.2 Å². The van der Waals surface area contributed by atoms with Crippen molar-refractivity contribution in [1.29, 1.82) is 0 Å². The van der Waals surface area contributed by atoms with Gasteiger partial charge in [-0.25, -0.2) is 9.48 Å². The van der Waals surface area contributed by atoms with Crippen molar-refractivity contribution < 1.29 is 19.0 Å². The number of benzene rings is 1. The third-order valence-corrected chi connectivity index (χ3v) is 4.64. The topological polar surface area (TPSA) is 87.5 Å². The van der Waals surface area contributed by atoms with Crippen LogP contribution in [0.2, 0.25) is 0 Å². The van der Waals surface area contributed by atoms with Crippen LogP contribution in [-0.2, 0) is 9.53 Å². The monoisotopic (exact) mass is 422 g/mol. The van der Waals surface area contributed by atoms with Gasteiger partial charge in [0, 0.05) is 5.70 Å². The molecule has 9 heteroatoms. The number of nitrogens with one attached hydrogen (secondary N) is 1. The first-order valence-electron chi connectivity index (χ1n) is 7.97. The van der Waals surface area contributed by atoms with Crippen molar-refractivity contribution in [2.24, 2.45) is 0 Å². The number of carbonyl (C=O) groups is 1. The zero-order chi connectivity index (χ0) is 18.8. The predicted molar refractivity (Wildman–Crippen MR) is 98.4 cm³/mol. The Kier molecular flexibility index (Phi) is 5.17. The number of fused-ring (bicyclic) bond motifs is 1. The molecule has 138 valence electrons. The lowest BCUT2D eigenvalue weighted by Gasteiger charge is -2.28. The molecule has 2 heterocycles. The van der Waals surface area contributed by atoms with Crippen LogP contribution in [0.1, 0.15) is 25.5 Å². The van der Waals surface area contributed by atoms with Gasteiger partial charge in [0.2, 0.25) is 5.95 Å². The van der Waals surface area contributed by atoms with E-state index < -0.39 is 12.0 Å². The standard InChI is InChI=1S/C17H19BrN4O4/c1-5-26-15-11(18)6-10(7-12(15)24-3)14-13(16(23)25-4)9(2)21-17-19-8-20-22(14)17/h6-8,14H,5H2,1-4H3,(H,19,20,21)/t14-/m1/s1. The van der Waals surface area contributed by atoms with Crippen molar-refractivity contribution in [3.05, 3.63) is 39.8 Å². The van der Waals surface area contributed by atoms with E-state index >= 15 is 0 Å². The summed E-state index contributed by atoms with van der Waals surface area (Å²) in [7, 11) is 2.92. The SMILES string of the molecule is CCOc1c(Br)cc([C@@H]2C(C(=O)OC)=C(C)Nc3ncnn32)cc1OC. The molecule has 0 saturated heterocycles. The smallest absolute Gasteiger partial charge is 0.338 e. The maximum absolute atomic E-state index is 12.5. The molecule has 0 unspecified atom stereocenters. The average molecular weight is 423 g/mol. The number of carbonyl (C=O) groups excluding carboxylic acids is 1. The second-order valence-electron chi connectivity index (χ2n) is 5.55. The van der Waals surface area contributed by atoms with Gasteiger partial charge in [-0.2, -0.15) is 10.1 Å². The Morgan fingerprint density at radius 2 is 2.15 bits per heavy atom. The molecule has 0 fully saturated rings. The molecule has 26 heavy (non-hydrogen) atoms. The minimum Gasteiger partial charge on any atom is -0.493 e. The molecular weight excluding hydrogens is 404 g/mol. The molecule has 0 saturated carbocycles. The molecular formula is C17H19BrN4O4. The molecule has 1 atom stereocenters. The van der Waals surface area contributed by atoms with Gasteiger partial charge < -0.3 is 19.5 Å². The molecule has 1 N–H and O–H groups in total. The molecule has 1 aliphatic rings. The van der Waals surface area contributed by atoms with Crippen LogP contribution in [0.4, 0.5) is 5.95 Å². The summed E-state index contributed by atoms with van der Waals surface area (Å²) in [6.45, 7) is 4.20. The molecule has 3 rings (SSSR count). The maximum Gasteiger partial charge on any atom is 0.338 e. The Hall–Kier alpha value is -2.55. The highest BCUT2D eigenvalue weighted by atomic mass is 79.9. The fraction of sp³-hybridized carbons (Fsp3) is 0.353. The van der Waals surface area contributed by atoms with E-state index in [1.807, 2.05) is 19.1 Å². The number of aromatic nitrogens is 3. The Labute approximate surface area is 159 Å². The normalized spacial score (nSPS) is 16.0. The summed E-state index contributed by atoms with van der Waals surface area (Å²) in [6, 6.07) is 3.19. The van der Waals surface area contributed by atoms with Crippen LogP contribution in [0.15, 0.2) is 34.2 Å². The van der Waals surface area contributed by atoms with Crippen molar-refractivity contribution in [3.63, 3.8) is 0 Å². The molecule has 0 radical (unpaired) electrons. The van der Waals surface area contributed by atoms with E-state index in [0.717, 1.165) is 10.0 Å². The highest BCUT2D eigenvalue weighted by Crippen LogP contribution is 2.42. The Morgan fingerprint density at radius 3 is 2.81 bits per heavy atom. The van der Waals surface area contributed by atoms with E-state index in [1.54, 1.807) is 18.7 Å². The van der Waals surface area contributed by atoms with Gasteiger partial charge in [-0.1, -0.05) is 0 Å². The molecule has 1 aromatic heterocycles. The van der Waals surface area contributed by atoms with Crippen LogP contribution in [0.25, 0.3) is 0 Å². The lowest BCUT2D eigenvalue weighted by atomic mass is 9.95. The van der Waals surface area contributed by atoms with Crippen LogP contribution in [0.5, 0.6) is 11.5 Å². The average Bonchev–Trinajstić information content (AvgIpc) is 3.09. The predicted octanol–water partition coefficient (Wildman–Crippen LogP) is 2.91. The second-order valence-corrected chi connectivity index (χ2v) is 6.41. The summed E-state index contributed by atoms with van der Waals surface area (Å²) >= 11 is 3.53. The first-order valence-corrected chi connectivity index (χ1v) is 8.76. The van der Waals surface area contributed by atoms with Crippen LogP contribution < -0.4 is 14.8 Å². The van der Waals surface area contributed by atoms with Gasteiger partial charge in [-0.05, 0) is 47.5 Å². The summed E-state index contributed by atoms with van der Waals surface area (Å²) in [6.07, 6.45) is 1.43. The third-order valence-electron chi connectivity index (χ3n) is 4.06. The Morgan fingerprint density at radius 1 is 1.38 bits per heavy atom. The van der Waals surface area contributed by atoms with Gasteiger partial charge in [0.05, 0.1) is 30.9 Å². The minimum absolute atomic E-state index is 0.440. The van der Waals surface area contributed by atoms with Gasteiger partial charge in [-0.15, -0.1) is 0 Å². The molecule has 0 aliphatic carbocycles. The summed E-state index contributed by atoms with van der Waals surface area (Å²) in [4.78, 5) is 16.7. The van der Waals surface area contributed by atoms with Crippen LogP contribution in [0, 0.1) is 0 Å². The summed E-state index contributed by atoms with van der Waals surface area (Å²) in [5, 5.41) is 7.35. The summed E-state index contributed by atoms with van der Waals surface area (Å²) < 4.78 is 18.5. The quantitative estimate of drug-likeness (QED) is 0.740. The van der Waals surface area contributed by atoms with E-state index in [9.17, 15) is 4.79 Å². The zero-order valence-electron chi connectivity index (χ0n) is 14.9. The number of nitrogens with zero attached hydrogens (tertiary/aromatic N) is 3. The summed E-state index contributed by atoms with van der Waals surface area (Å²) in [5.41, 5.74) is 1.89. The number of hydrogen-bond donors (Lipinski definition) is 1. The third kappa shape index (κ3) is 3.03. The number of esters is 1. The number of methoxy groups -OCH3 is 2. The zero-order valence-corrected chi connectivity index (χ0v) is 16.5. The van der Waals surface area contributed by atoms with Crippen LogP contribution >= 0.6 is 15.9 Å². The highest BCUT2D eigenvalue weighted by Gasteiger charge is 2.35. The molecule has 1 aromatic carbocycles. The molecule has 2 aromatic rings. The summed E-state index contributed by atoms with van der Waals surface area (Å²) in [5.74, 6) is 1.26. The fourth-order valence-corrected chi connectivity index (χ4v) is 3.53. The van der Waals surface area contributed by atoms with Gasteiger partial charge in [-0.3, -0.25) is 0 Å². The Bertz CT molecular complexity index is 878. The van der Waals surface area contributed by atoms with Crippen molar-refractivity contribution >= 4 is 27.8 Å². The highest BCUT2D eigenvalue weighted by molar-refractivity contribution is 9.10. The van der Waals surface area contributed by atoms with E-state index in [1.165, 1.54) is 13.4 Å². The number of rotatable bonds is 5. The maximum atomic E-state index is 12.5. The number of halogens is 1. The minimum atomic E-state index is -0.512. The number of ether oxygens (including phenoxy) is 3. The second kappa shape index (κ2) is 7.36. The number of anilines is 1. The van der Waals surface area contributed by atoms with E-state index in [-0.39, 0.29) is 0 Å². The van der Waals surface area contributed by atoms with Gasteiger partial charge >= 0.3 is 5.97 Å². The fourth-order valence-electron chi connectivity index (χ4n) is 2.96. The van der Waals surface area contributed by atoms with Gasteiger partial charge in [0.25, 0.3) is 0 Å². The first kappa shape index (κ1) is 18.2. The number of hydrogen-bond acceptors (Lipinski definition) is 7. The van der Waals surface area contributed by atoms with Crippen molar-refractivity contribution in [3.8, 4) is 11.5 Å². The molecule has 0 amide bonds. The van der Waals surface area contributed by atoms with Crippen LogP contribution in [0.3, 0.4) is 0 Å². The molecule has 0 bridgehead atoms. The first-order chi connectivity index (χ1) is 12.5. The van der Waals surface area contributed by atoms with Crippen molar-refractivity contribution in [2.75, 3.05) is 26.1 Å². The van der Waals surface area contributed by atoms with Crippen LogP contribution in [-0.4, -0.2) is 41.6 Å². The largest absolute Gasteiger partial charge is 0.493 e. The number of allylic oxidation sites excluding steroid dienone is 1. The molecule has 0 spiro atoms.